The highest BCUT2D eigenvalue weighted by molar-refractivity contribution is 5.75. The van der Waals surface area contributed by atoms with Crippen LogP contribution in [0, 0.1) is 0 Å². The molecule has 0 aliphatic rings. The number of hydrogen-bond donors (Lipinski definition) is 0. The average Bonchev–Trinajstić information content (AvgIpc) is 2.47. The second-order valence-electron chi connectivity index (χ2n) is 4.18. The number of carbonyl (C=O) groups excluding carboxylic acids is 1. The molecule has 0 aliphatic carbocycles. The van der Waals surface area contributed by atoms with Crippen molar-refractivity contribution in [1.82, 2.24) is 0 Å². The van der Waals surface area contributed by atoms with Gasteiger partial charge in [0.15, 0.2) is 0 Å². The molecular formula is C16H16O3. The number of carbonyl (C=O) groups is 1. The number of methoxy groups -OCH3 is 1. The molecule has 0 bridgehead atoms. The highest BCUT2D eigenvalue weighted by atomic mass is 16.5. The Kier molecular flexibility index (Phi) is 4.70. The van der Waals surface area contributed by atoms with E-state index in [0.29, 0.717) is 17.9 Å². The van der Waals surface area contributed by atoms with Crippen molar-refractivity contribution >= 4 is 6.29 Å². The molecule has 0 saturated carbocycles. The molecule has 0 fully saturated rings. The predicted molar refractivity (Wildman–Crippen MR) is 73.9 cm³/mol. The lowest BCUT2D eigenvalue weighted by molar-refractivity contribution is 0.112. The Labute approximate surface area is 112 Å². The fourth-order valence-corrected chi connectivity index (χ4v) is 1.73. The molecular weight excluding hydrogens is 240 g/mol. The molecule has 0 saturated heterocycles. The van der Waals surface area contributed by atoms with Gasteiger partial charge in [-0.05, 0) is 36.2 Å². The first kappa shape index (κ1) is 13.3. The molecule has 0 N–H and O–H groups in total. The van der Waals surface area contributed by atoms with Gasteiger partial charge in [0.1, 0.15) is 17.8 Å². The molecule has 0 aliphatic heterocycles. The lowest BCUT2D eigenvalue weighted by Crippen LogP contribution is -1.94. The van der Waals surface area contributed by atoms with Crippen LogP contribution in [0.4, 0.5) is 0 Å². The summed E-state index contributed by atoms with van der Waals surface area (Å²) >= 11 is 0. The molecule has 19 heavy (non-hydrogen) atoms. The quantitative estimate of drug-likeness (QED) is 0.742. The number of rotatable bonds is 6. The minimum atomic E-state index is 0.606. The fraction of sp³-hybridized carbons (Fsp3) is 0.188. The average molecular weight is 256 g/mol. The molecule has 3 heteroatoms. The standard InChI is InChI=1S/C16H16O3/c1-18-10-9-13-5-7-15(8-6-13)19-16-4-2-3-14(11-16)12-17/h2-8,11-12H,9-10H2,1H3. The molecule has 2 aromatic rings. The van der Waals surface area contributed by atoms with Gasteiger partial charge in [0.2, 0.25) is 0 Å². The van der Waals surface area contributed by atoms with Crippen LogP contribution in [0.2, 0.25) is 0 Å². The Hall–Kier alpha value is -2.13. The van der Waals surface area contributed by atoms with Gasteiger partial charge in [-0.25, -0.2) is 0 Å². The van der Waals surface area contributed by atoms with Crippen molar-refractivity contribution in [3.05, 3.63) is 59.7 Å². The van der Waals surface area contributed by atoms with Crippen molar-refractivity contribution in [2.24, 2.45) is 0 Å². The first-order valence-electron chi connectivity index (χ1n) is 6.13. The Morgan fingerprint density at radius 2 is 1.84 bits per heavy atom. The zero-order chi connectivity index (χ0) is 13.5. The molecule has 3 nitrogen and oxygen atoms in total. The summed E-state index contributed by atoms with van der Waals surface area (Å²) in [5.74, 6) is 1.42. The summed E-state index contributed by atoms with van der Waals surface area (Å²) in [5.41, 5.74) is 1.81. The van der Waals surface area contributed by atoms with Crippen LogP contribution >= 0.6 is 0 Å². The van der Waals surface area contributed by atoms with Crippen LogP contribution in [0.15, 0.2) is 48.5 Å². The van der Waals surface area contributed by atoms with E-state index in [4.69, 9.17) is 9.47 Å². The van der Waals surface area contributed by atoms with Crippen LogP contribution in [0.1, 0.15) is 15.9 Å². The van der Waals surface area contributed by atoms with Crippen molar-refractivity contribution in [2.75, 3.05) is 13.7 Å². The lowest BCUT2D eigenvalue weighted by atomic mass is 10.1. The minimum Gasteiger partial charge on any atom is -0.457 e. The molecule has 2 rings (SSSR count). The molecule has 0 amide bonds. The fourth-order valence-electron chi connectivity index (χ4n) is 1.73. The topological polar surface area (TPSA) is 35.5 Å². The number of aldehydes is 1. The molecule has 98 valence electrons. The van der Waals surface area contributed by atoms with Crippen LogP contribution in [-0.4, -0.2) is 20.0 Å². The smallest absolute Gasteiger partial charge is 0.150 e. The highest BCUT2D eigenvalue weighted by Gasteiger charge is 1.99. The maximum atomic E-state index is 10.7. The zero-order valence-electron chi connectivity index (χ0n) is 10.8. The van der Waals surface area contributed by atoms with Gasteiger partial charge >= 0.3 is 0 Å². The number of hydrogen-bond acceptors (Lipinski definition) is 3. The molecule has 0 heterocycles. The first-order chi connectivity index (χ1) is 9.31. The monoisotopic (exact) mass is 256 g/mol. The van der Waals surface area contributed by atoms with Crippen LogP contribution in [0.5, 0.6) is 11.5 Å². The van der Waals surface area contributed by atoms with Crippen molar-refractivity contribution in [3.63, 3.8) is 0 Å². The number of ether oxygens (including phenoxy) is 2. The van der Waals surface area contributed by atoms with Gasteiger partial charge in [0.25, 0.3) is 0 Å². The minimum absolute atomic E-state index is 0.606. The summed E-state index contributed by atoms with van der Waals surface area (Å²) in [6.45, 7) is 0.710. The van der Waals surface area contributed by atoms with E-state index in [1.807, 2.05) is 30.3 Å². The van der Waals surface area contributed by atoms with Crippen molar-refractivity contribution in [2.45, 2.75) is 6.42 Å². The van der Waals surface area contributed by atoms with Gasteiger partial charge in [-0.15, -0.1) is 0 Å². The zero-order valence-corrected chi connectivity index (χ0v) is 10.8. The SMILES string of the molecule is COCCc1ccc(Oc2cccc(C=O)c2)cc1. The molecule has 0 spiro atoms. The predicted octanol–water partition coefficient (Wildman–Crippen LogP) is 3.48. The second-order valence-corrected chi connectivity index (χ2v) is 4.18. The first-order valence-corrected chi connectivity index (χ1v) is 6.13. The summed E-state index contributed by atoms with van der Waals surface area (Å²) < 4.78 is 10.7. The van der Waals surface area contributed by atoms with Crippen LogP contribution in [0.3, 0.4) is 0 Å². The summed E-state index contributed by atoms with van der Waals surface area (Å²) in [6.07, 6.45) is 1.69. The van der Waals surface area contributed by atoms with E-state index in [0.717, 1.165) is 18.5 Å². The van der Waals surface area contributed by atoms with Crippen LogP contribution in [0.25, 0.3) is 0 Å². The van der Waals surface area contributed by atoms with E-state index >= 15 is 0 Å². The summed E-state index contributed by atoms with van der Waals surface area (Å²) in [6, 6.07) is 14.9. The Morgan fingerprint density at radius 1 is 1.05 bits per heavy atom. The summed E-state index contributed by atoms with van der Waals surface area (Å²) in [7, 11) is 1.69. The molecule has 0 unspecified atom stereocenters. The van der Waals surface area contributed by atoms with Gasteiger partial charge in [-0.1, -0.05) is 24.3 Å². The van der Waals surface area contributed by atoms with Crippen molar-refractivity contribution < 1.29 is 14.3 Å². The normalized spacial score (nSPS) is 10.2. The lowest BCUT2D eigenvalue weighted by Gasteiger charge is -2.07. The summed E-state index contributed by atoms with van der Waals surface area (Å²) in [5, 5.41) is 0. The van der Waals surface area contributed by atoms with Gasteiger partial charge in [0.05, 0.1) is 6.61 Å². The van der Waals surface area contributed by atoms with Crippen LogP contribution < -0.4 is 4.74 Å². The van der Waals surface area contributed by atoms with E-state index in [9.17, 15) is 4.79 Å². The van der Waals surface area contributed by atoms with E-state index in [2.05, 4.69) is 0 Å². The van der Waals surface area contributed by atoms with E-state index in [1.165, 1.54) is 5.56 Å². The van der Waals surface area contributed by atoms with Gasteiger partial charge in [0, 0.05) is 12.7 Å². The summed E-state index contributed by atoms with van der Waals surface area (Å²) in [4.78, 5) is 10.7. The highest BCUT2D eigenvalue weighted by Crippen LogP contribution is 2.22. The third-order valence-electron chi connectivity index (χ3n) is 2.75. The van der Waals surface area contributed by atoms with Crippen LogP contribution in [-0.2, 0) is 11.2 Å². The van der Waals surface area contributed by atoms with Gasteiger partial charge in [-0.3, -0.25) is 4.79 Å². The van der Waals surface area contributed by atoms with E-state index in [-0.39, 0.29) is 0 Å². The second kappa shape index (κ2) is 6.71. The van der Waals surface area contributed by atoms with Crippen molar-refractivity contribution in [3.8, 4) is 11.5 Å². The van der Waals surface area contributed by atoms with E-state index < -0.39 is 0 Å². The third kappa shape index (κ3) is 3.93. The maximum absolute atomic E-state index is 10.7. The molecule has 0 aromatic heterocycles. The van der Waals surface area contributed by atoms with Gasteiger partial charge in [-0.2, -0.15) is 0 Å². The van der Waals surface area contributed by atoms with Gasteiger partial charge < -0.3 is 9.47 Å². The largest absolute Gasteiger partial charge is 0.457 e. The maximum Gasteiger partial charge on any atom is 0.150 e. The van der Waals surface area contributed by atoms with Crippen molar-refractivity contribution in [1.29, 1.82) is 0 Å². The number of benzene rings is 2. The Morgan fingerprint density at radius 3 is 2.53 bits per heavy atom. The Bertz CT molecular complexity index is 532. The molecule has 0 radical (unpaired) electrons. The third-order valence-corrected chi connectivity index (χ3v) is 2.75. The molecule has 0 atom stereocenters. The van der Waals surface area contributed by atoms with E-state index in [1.54, 1.807) is 25.3 Å². The molecule has 2 aromatic carbocycles. The Balaban J connectivity index is 2.04.